The number of hydrogen-bond acceptors (Lipinski definition) is 4. The summed E-state index contributed by atoms with van der Waals surface area (Å²) in [6, 6.07) is 6.10. The van der Waals surface area contributed by atoms with Crippen molar-refractivity contribution >= 4 is 31.9 Å². The fraction of sp³-hybridized carbons (Fsp3) is 0.375. The lowest BCUT2D eigenvalue weighted by Crippen LogP contribution is -2.33. The van der Waals surface area contributed by atoms with Gasteiger partial charge in [0, 0.05) is 36.9 Å². The van der Waals surface area contributed by atoms with Gasteiger partial charge >= 0.3 is 6.18 Å². The zero-order chi connectivity index (χ0) is 20.9. The molecule has 0 bridgehead atoms. The number of nitrogens with one attached hydrogen (secondary N) is 1. The summed E-state index contributed by atoms with van der Waals surface area (Å²) < 4.78 is 65.8. The van der Waals surface area contributed by atoms with E-state index < -0.39 is 28.7 Å². The topological polar surface area (TPSA) is 84.3 Å². The van der Waals surface area contributed by atoms with Gasteiger partial charge in [-0.05, 0) is 18.2 Å². The molecule has 0 aliphatic carbocycles. The van der Waals surface area contributed by atoms with Gasteiger partial charge in [-0.3, -0.25) is 4.79 Å². The molecule has 28 heavy (non-hydrogen) atoms. The Bertz CT molecular complexity index is 931. The van der Waals surface area contributed by atoms with Crippen LogP contribution in [0.15, 0.2) is 46.0 Å². The molecule has 0 unspecified atom stereocenters. The molecular formula is C16H18BrF3N4O3S. The molecule has 0 saturated carbocycles. The summed E-state index contributed by atoms with van der Waals surface area (Å²) in [4.78, 5) is 17.3. The van der Waals surface area contributed by atoms with E-state index in [4.69, 9.17) is 0 Å². The SMILES string of the molecule is CN(Cc1nccn1CC(F)(F)F)C(=O)CCNS(=O)(=O)c1cccc(Br)c1. The number of imidazole rings is 1. The average molecular weight is 483 g/mol. The van der Waals surface area contributed by atoms with E-state index in [1.807, 2.05) is 0 Å². The van der Waals surface area contributed by atoms with Gasteiger partial charge in [0.05, 0.1) is 11.4 Å². The van der Waals surface area contributed by atoms with E-state index in [0.29, 0.717) is 4.47 Å². The Hall–Kier alpha value is -1.92. The van der Waals surface area contributed by atoms with E-state index in [9.17, 15) is 26.4 Å². The van der Waals surface area contributed by atoms with E-state index in [1.165, 1.54) is 36.5 Å². The highest BCUT2D eigenvalue weighted by molar-refractivity contribution is 9.10. The number of hydrogen-bond donors (Lipinski definition) is 1. The van der Waals surface area contributed by atoms with Gasteiger partial charge in [-0.25, -0.2) is 18.1 Å². The minimum absolute atomic E-state index is 0.0526. The van der Waals surface area contributed by atoms with Crippen molar-refractivity contribution in [2.75, 3.05) is 13.6 Å². The molecule has 1 aromatic heterocycles. The van der Waals surface area contributed by atoms with Crippen LogP contribution < -0.4 is 4.72 Å². The molecule has 154 valence electrons. The molecule has 7 nitrogen and oxygen atoms in total. The second kappa shape index (κ2) is 9.05. The first-order valence-electron chi connectivity index (χ1n) is 8.04. The van der Waals surface area contributed by atoms with Crippen molar-refractivity contribution in [1.82, 2.24) is 19.2 Å². The molecule has 1 N–H and O–H groups in total. The van der Waals surface area contributed by atoms with Crippen molar-refractivity contribution in [3.05, 3.63) is 47.0 Å². The number of nitrogens with zero attached hydrogens (tertiary/aromatic N) is 3. The Labute approximate surface area is 168 Å². The van der Waals surface area contributed by atoms with Crippen LogP contribution in [0.2, 0.25) is 0 Å². The van der Waals surface area contributed by atoms with Crippen molar-refractivity contribution in [2.24, 2.45) is 0 Å². The average Bonchev–Trinajstić information content (AvgIpc) is 2.99. The lowest BCUT2D eigenvalue weighted by atomic mass is 10.3. The highest BCUT2D eigenvalue weighted by Gasteiger charge is 2.29. The quantitative estimate of drug-likeness (QED) is 0.626. The van der Waals surface area contributed by atoms with E-state index in [-0.39, 0.29) is 30.2 Å². The molecule has 1 heterocycles. The van der Waals surface area contributed by atoms with Crippen molar-refractivity contribution < 1.29 is 26.4 Å². The highest BCUT2D eigenvalue weighted by atomic mass is 79.9. The number of amides is 1. The summed E-state index contributed by atoms with van der Waals surface area (Å²) in [5, 5.41) is 0. The van der Waals surface area contributed by atoms with Crippen LogP contribution in [0, 0.1) is 0 Å². The zero-order valence-corrected chi connectivity index (χ0v) is 17.2. The second-order valence-corrected chi connectivity index (χ2v) is 8.62. The van der Waals surface area contributed by atoms with Crippen LogP contribution in [0.1, 0.15) is 12.2 Å². The summed E-state index contributed by atoms with van der Waals surface area (Å²) in [6.45, 7) is -1.47. The fourth-order valence-corrected chi connectivity index (χ4v) is 3.96. The smallest absolute Gasteiger partial charge is 0.338 e. The maximum absolute atomic E-state index is 12.5. The van der Waals surface area contributed by atoms with E-state index in [0.717, 1.165) is 4.57 Å². The molecule has 0 spiro atoms. The third-order valence-electron chi connectivity index (χ3n) is 3.69. The normalized spacial score (nSPS) is 12.2. The Morgan fingerprint density at radius 2 is 2.07 bits per heavy atom. The maximum atomic E-state index is 12.5. The molecule has 1 aromatic carbocycles. The largest absolute Gasteiger partial charge is 0.406 e. The monoisotopic (exact) mass is 482 g/mol. The van der Waals surface area contributed by atoms with Crippen molar-refractivity contribution in [2.45, 2.75) is 30.6 Å². The van der Waals surface area contributed by atoms with Crippen LogP contribution in [0.5, 0.6) is 0 Å². The van der Waals surface area contributed by atoms with Crippen LogP contribution in [-0.4, -0.2) is 48.5 Å². The van der Waals surface area contributed by atoms with Gasteiger partial charge < -0.3 is 9.47 Å². The Morgan fingerprint density at radius 1 is 1.36 bits per heavy atom. The number of aromatic nitrogens is 2. The standard InChI is InChI=1S/C16H18BrF3N4O3S/c1-23(10-14-21-7-8-24(14)11-16(18,19)20)15(25)5-6-22-28(26,27)13-4-2-3-12(17)9-13/h2-4,7-9,22H,5-6,10-11H2,1H3. The Morgan fingerprint density at radius 3 is 2.71 bits per heavy atom. The summed E-state index contributed by atoms with van der Waals surface area (Å²) in [5.41, 5.74) is 0. The molecule has 2 aromatic rings. The van der Waals surface area contributed by atoms with E-state index in [2.05, 4.69) is 25.6 Å². The number of sulfonamides is 1. The van der Waals surface area contributed by atoms with Crippen LogP contribution in [-0.2, 0) is 27.9 Å². The number of alkyl halides is 3. The lowest BCUT2D eigenvalue weighted by Gasteiger charge is -2.18. The molecule has 0 aliphatic rings. The third-order valence-corrected chi connectivity index (χ3v) is 5.64. The van der Waals surface area contributed by atoms with Crippen molar-refractivity contribution in [3.8, 4) is 0 Å². The van der Waals surface area contributed by atoms with Crippen LogP contribution >= 0.6 is 15.9 Å². The minimum Gasteiger partial charge on any atom is -0.338 e. The van der Waals surface area contributed by atoms with Crippen LogP contribution in [0.25, 0.3) is 0 Å². The summed E-state index contributed by atoms with van der Waals surface area (Å²) in [5.74, 6) is -0.346. The van der Waals surface area contributed by atoms with Crippen LogP contribution in [0.3, 0.4) is 0 Å². The summed E-state index contributed by atoms with van der Waals surface area (Å²) in [7, 11) is -2.36. The molecule has 0 radical (unpaired) electrons. The third kappa shape index (κ3) is 6.60. The maximum Gasteiger partial charge on any atom is 0.406 e. The predicted octanol–water partition coefficient (Wildman–Crippen LogP) is 2.53. The summed E-state index contributed by atoms with van der Waals surface area (Å²) >= 11 is 3.19. The van der Waals surface area contributed by atoms with Gasteiger partial charge in [0.15, 0.2) is 0 Å². The predicted molar refractivity (Wildman–Crippen MR) is 98.7 cm³/mol. The van der Waals surface area contributed by atoms with Crippen molar-refractivity contribution in [1.29, 1.82) is 0 Å². The molecule has 2 rings (SSSR count). The van der Waals surface area contributed by atoms with E-state index >= 15 is 0 Å². The van der Waals surface area contributed by atoms with Gasteiger partial charge in [0.25, 0.3) is 0 Å². The molecule has 0 atom stereocenters. The van der Waals surface area contributed by atoms with Gasteiger partial charge in [-0.2, -0.15) is 13.2 Å². The van der Waals surface area contributed by atoms with Gasteiger partial charge in [-0.15, -0.1) is 0 Å². The van der Waals surface area contributed by atoms with Crippen molar-refractivity contribution in [3.63, 3.8) is 0 Å². The molecule has 12 heteroatoms. The fourth-order valence-electron chi connectivity index (χ4n) is 2.33. The molecular weight excluding hydrogens is 465 g/mol. The first-order valence-corrected chi connectivity index (χ1v) is 10.3. The van der Waals surface area contributed by atoms with E-state index in [1.54, 1.807) is 12.1 Å². The number of carbonyl (C=O) groups excluding carboxylic acids is 1. The Balaban J connectivity index is 1.89. The highest BCUT2D eigenvalue weighted by Crippen LogP contribution is 2.19. The zero-order valence-electron chi connectivity index (χ0n) is 14.8. The number of carbonyl (C=O) groups is 1. The number of rotatable bonds is 8. The molecule has 0 fully saturated rings. The minimum atomic E-state index is -4.40. The first-order chi connectivity index (χ1) is 13.0. The van der Waals surface area contributed by atoms with Gasteiger partial charge in [0.1, 0.15) is 12.4 Å². The molecule has 1 amide bonds. The van der Waals surface area contributed by atoms with Gasteiger partial charge in [0.2, 0.25) is 15.9 Å². The Kier molecular flexibility index (Phi) is 7.23. The number of halogens is 4. The molecule has 0 aliphatic heterocycles. The lowest BCUT2D eigenvalue weighted by molar-refractivity contribution is -0.141. The first kappa shape index (κ1) is 22.4. The molecule has 0 saturated heterocycles. The second-order valence-electron chi connectivity index (χ2n) is 5.94. The van der Waals surface area contributed by atoms with Gasteiger partial charge in [-0.1, -0.05) is 22.0 Å². The number of benzene rings is 1. The van der Waals surface area contributed by atoms with Crippen LogP contribution in [0.4, 0.5) is 13.2 Å². The summed E-state index contributed by atoms with van der Waals surface area (Å²) in [6.07, 6.45) is -2.13.